The molecule has 1 aromatic carbocycles. The van der Waals surface area contributed by atoms with Crippen LogP contribution in [0.15, 0.2) is 29.2 Å². The minimum Gasteiger partial charge on any atom is -0.324 e. The highest BCUT2D eigenvalue weighted by Crippen LogP contribution is 2.25. The molecule has 7 heteroatoms. The molecule has 2 aliphatic rings. The van der Waals surface area contributed by atoms with Gasteiger partial charge in [-0.15, -0.1) is 0 Å². The smallest absolute Gasteiger partial charge is 0.243 e. The molecule has 2 heterocycles. The molecule has 3 N–H and O–H groups in total. The van der Waals surface area contributed by atoms with E-state index in [1.165, 1.54) is 12.8 Å². The Morgan fingerprint density at radius 3 is 2.57 bits per heavy atom. The summed E-state index contributed by atoms with van der Waals surface area (Å²) in [4.78, 5) is 2.77. The van der Waals surface area contributed by atoms with E-state index in [1.54, 1.807) is 28.6 Å². The fraction of sp³-hybridized carbons (Fsp3) is 0.571. The van der Waals surface area contributed by atoms with Crippen molar-refractivity contribution in [2.75, 3.05) is 31.6 Å². The molecule has 0 radical (unpaired) electrons. The number of fused-ring (bicyclic) bond motifs is 1. The molecule has 1 unspecified atom stereocenters. The van der Waals surface area contributed by atoms with Crippen molar-refractivity contribution in [1.29, 1.82) is 0 Å². The molecule has 0 spiro atoms. The minimum atomic E-state index is -3.40. The number of piperidine rings is 1. The Balaban J connectivity index is 1.78. The molecule has 1 atom stereocenters. The summed E-state index contributed by atoms with van der Waals surface area (Å²) in [5, 5.41) is 0. The van der Waals surface area contributed by atoms with Gasteiger partial charge in [0.1, 0.15) is 0 Å². The van der Waals surface area contributed by atoms with Gasteiger partial charge in [-0.25, -0.2) is 8.42 Å². The zero-order valence-electron chi connectivity index (χ0n) is 12.0. The van der Waals surface area contributed by atoms with E-state index in [2.05, 4.69) is 10.3 Å². The third kappa shape index (κ3) is 2.91. The van der Waals surface area contributed by atoms with Crippen LogP contribution in [0.25, 0.3) is 0 Å². The van der Waals surface area contributed by atoms with Crippen molar-refractivity contribution in [3.05, 3.63) is 24.3 Å². The van der Waals surface area contributed by atoms with Crippen molar-refractivity contribution < 1.29 is 8.42 Å². The lowest BCUT2D eigenvalue weighted by Crippen LogP contribution is -2.56. The Hall–Kier alpha value is -1.15. The minimum absolute atomic E-state index is 0.339. The third-order valence-corrected chi connectivity index (χ3v) is 6.34. The molecule has 6 nitrogen and oxygen atoms in total. The Morgan fingerprint density at radius 2 is 1.86 bits per heavy atom. The molecule has 0 aliphatic carbocycles. The number of hydrogen-bond acceptors (Lipinski definition) is 5. The number of hydrazine groups is 1. The number of nitrogens with two attached hydrogens (primary N) is 1. The van der Waals surface area contributed by atoms with E-state index in [-0.39, 0.29) is 0 Å². The van der Waals surface area contributed by atoms with Crippen molar-refractivity contribution in [3.8, 4) is 0 Å². The van der Waals surface area contributed by atoms with Gasteiger partial charge in [-0.1, -0.05) is 6.42 Å². The molecule has 116 valence electrons. The fourth-order valence-electron chi connectivity index (χ4n) is 3.22. The molecule has 21 heavy (non-hydrogen) atoms. The second-order valence-electron chi connectivity index (χ2n) is 5.72. The zero-order valence-corrected chi connectivity index (χ0v) is 12.8. The standard InChI is InChI=1S/C14H22N4O2S/c15-16-12-4-6-14(7-5-12)21(19,20)18-10-9-17-8-2-1-3-13(17)11-18/h4-7,13,16H,1-3,8-11,15H2. The lowest BCUT2D eigenvalue weighted by molar-refractivity contribution is 0.0852. The van der Waals surface area contributed by atoms with Crippen LogP contribution < -0.4 is 11.3 Å². The summed E-state index contributed by atoms with van der Waals surface area (Å²) >= 11 is 0. The summed E-state index contributed by atoms with van der Waals surface area (Å²) in [6.45, 7) is 3.14. The summed E-state index contributed by atoms with van der Waals surface area (Å²) in [5.41, 5.74) is 3.21. The molecule has 3 rings (SSSR count). The first kappa shape index (κ1) is 14.8. The number of benzene rings is 1. The van der Waals surface area contributed by atoms with Gasteiger partial charge in [-0.05, 0) is 43.7 Å². The monoisotopic (exact) mass is 310 g/mol. The topological polar surface area (TPSA) is 78.7 Å². The Morgan fingerprint density at radius 1 is 1.10 bits per heavy atom. The maximum absolute atomic E-state index is 12.7. The molecule has 0 amide bonds. The predicted molar refractivity (Wildman–Crippen MR) is 82.2 cm³/mol. The fourth-order valence-corrected chi connectivity index (χ4v) is 4.69. The average Bonchev–Trinajstić information content (AvgIpc) is 2.54. The maximum Gasteiger partial charge on any atom is 0.243 e. The van der Waals surface area contributed by atoms with Gasteiger partial charge in [0.15, 0.2) is 0 Å². The van der Waals surface area contributed by atoms with E-state index >= 15 is 0 Å². The van der Waals surface area contributed by atoms with Crippen molar-refractivity contribution in [2.24, 2.45) is 5.84 Å². The third-order valence-electron chi connectivity index (χ3n) is 4.46. The van der Waals surface area contributed by atoms with Crippen LogP contribution in [0.5, 0.6) is 0 Å². The second-order valence-corrected chi connectivity index (χ2v) is 7.66. The van der Waals surface area contributed by atoms with Gasteiger partial charge in [-0.2, -0.15) is 4.31 Å². The van der Waals surface area contributed by atoms with Gasteiger partial charge < -0.3 is 5.43 Å². The van der Waals surface area contributed by atoms with Crippen LogP contribution in [0.2, 0.25) is 0 Å². The van der Waals surface area contributed by atoms with Crippen molar-refractivity contribution in [3.63, 3.8) is 0 Å². The number of hydrogen-bond donors (Lipinski definition) is 2. The van der Waals surface area contributed by atoms with Gasteiger partial charge in [0.05, 0.1) is 4.90 Å². The van der Waals surface area contributed by atoms with Gasteiger partial charge in [0.25, 0.3) is 0 Å². The largest absolute Gasteiger partial charge is 0.324 e. The van der Waals surface area contributed by atoms with Gasteiger partial charge in [0.2, 0.25) is 10.0 Å². The van der Waals surface area contributed by atoms with Crippen molar-refractivity contribution >= 4 is 15.7 Å². The van der Waals surface area contributed by atoms with Gasteiger partial charge in [-0.3, -0.25) is 10.7 Å². The van der Waals surface area contributed by atoms with Crippen LogP contribution in [0, 0.1) is 0 Å². The lowest BCUT2D eigenvalue weighted by atomic mass is 10.0. The van der Waals surface area contributed by atoms with E-state index in [1.807, 2.05) is 0 Å². The van der Waals surface area contributed by atoms with Crippen molar-refractivity contribution in [1.82, 2.24) is 9.21 Å². The molecule has 1 aromatic rings. The van der Waals surface area contributed by atoms with Gasteiger partial charge >= 0.3 is 0 Å². The van der Waals surface area contributed by atoms with E-state index in [0.29, 0.717) is 29.7 Å². The number of piperazine rings is 1. The zero-order chi connectivity index (χ0) is 14.9. The van der Waals surface area contributed by atoms with E-state index < -0.39 is 10.0 Å². The number of nitrogens with zero attached hydrogens (tertiary/aromatic N) is 2. The van der Waals surface area contributed by atoms with Crippen molar-refractivity contribution in [2.45, 2.75) is 30.2 Å². The van der Waals surface area contributed by atoms with Crippen LogP contribution in [-0.4, -0.2) is 49.8 Å². The summed E-state index contributed by atoms with van der Waals surface area (Å²) in [6, 6.07) is 6.97. The second kappa shape index (κ2) is 5.92. The highest BCUT2D eigenvalue weighted by atomic mass is 32.2. The molecular formula is C14H22N4O2S. The lowest BCUT2D eigenvalue weighted by Gasteiger charge is -2.43. The summed E-state index contributed by atoms with van der Waals surface area (Å²) in [5.74, 6) is 5.31. The summed E-state index contributed by atoms with van der Waals surface area (Å²) < 4.78 is 27.1. The van der Waals surface area contributed by atoms with E-state index in [4.69, 9.17) is 5.84 Å². The van der Waals surface area contributed by atoms with E-state index in [9.17, 15) is 8.42 Å². The Bertz CT molecular complexity index is 587. The molecule has 2 fully saturated rings. The Labute approximate surface area is 125 Å². The molecular weight excluding hydrogens is 288 g/mol. The predicted octanol–water partition coefficient (Wildman–Crippen LogP) is 0.831. The van der Waals surface area contributed by atoms with Gasteiger partial charge in [0, 0.05) is 31.4 Å². The highest BCUT2D eigenvalue weighted by Gasteiger charge is 2.34. The molecule has 0 bridgehead atoms. The Kier molecular flexibility index (Phi) is 4.17. The molecule has 2 aliphatic heterocycles. The molecule has 0 aromatic heterocycles. The van der Waals surface area contributed by atoms with Crippen LogP contribution in [0.3, 0.4) is 0 Å². The number of sulfonamides is 1. The first-order valence-corrected chi connectivity index (χ1v) is 8.86. The highest BCUT2D eigenvalue weighted by molar-refractivity contribution is 7.89. The number of nitrogens with one attached hydrogen (secondary N) is 1. The maximum atomic E-state index is 12.7. The van der Waals surface area contributed by atoms with Crippen LogP contribution in [0.1, 0.15) is 19.3 Å². The molecule has 0 saturated carbocycles. The SMILES string of the molecule is NNc1ccc(S(=O)(=O)N2CCN3CCCCC3C2)cc1. The summed E-state index contributed by atoms with van der Waals surface area (Å²) in [6.07, 6.45) is 3.53. The summed E-state index contributed by atoms with van der Waals surface area (Å²) in [7, 11) is -3.40. The number of anilines is 1. The van der Waals surface area contributed by atoms with Crippen LogP contribution in [-0.2, 0) is 10.0 Å². The van der Waals surface area contributed by atoms with E-state index in [0.717, 1.165) is 19.5 Å². The first-order chi connectivity index (χ1) is 10.1. The average molecular weight is 310 g/mol. The number of rotatable bonds is 3. The normalized spacial score (nSPS) is 24.5. The first-order valence-electron chi connectivity index (χ1n) is 7.42. The molecule has 2 saturated heterocycles. The van der Waals surface area contributed by atoms with Crippen LogP contribution >= 0.6 is 0 Å². The quantitative estimate of drug-likeness (QED) is 0.639. The van der Waals surface area contributed by atoms with Crippen LogP contribution in [0.4, 0.5) is 5.69 Å². The number of nitrogen functional groups attached to an aromatic ring is 1.